The average molecular weight is 534 g/mol. The maximum Gasteiger partial charge on any atom is 0.408 e. The zero-order valence-electron chi connectivity index (χ0n) is 24.6. The van der Waals surface area contributed by atoms with Crippen molar-refractivity contribution in [1.82, 2.24) is 15.5 Å². The van der Waals surface area contributed by atoms with Gasteiger partial charge in [0.05, 0.1) is 13.0 Å². The lowest BCUT2D eigenvalue weighted by Gasteiger charge is -2.36. The van der Waals surface area contributed by atoms with E-state index in [1.807, 2.05) is 52.8 Å². The molecule has 9 heteroatoms. The highest BCUT2D eigenvalue weighted by Gasteiger charge is 2.38. The molecule has 1 aromatic carbocycles. The Labute approximate surface area is 228 Å². The number of carbonyl (C=O) groups is 4. The van der Waals surface area contributed by atoms with Crippen LogP contribution in [0.4, 0.5) is 4.79 Å². The molecule has 214 valence electrons. The number of rotatable bonds is 13. The summed E-state index contributed by atoms with van der Waals surface area (Å²) in [5, 5.41) is 5.56. The van der Waals surface area contributed by atoms with Crippen LogP contribution in [0.2, 0.25) is 0 Å². The van der Waals surface area contributed by atoms with Crippen molar-refractivity contribution in [2.45, 2.75) is 99.3 Å². The monoisotopic (exact) mass is 533 g/mol. The molecule has 1 rings (SSSR count). The molecule has 0 saturated carbocycles. The predicted molar refractivity (Wildman–Crippen MR) is 148 cm³/mol. The van der Waals surface area contributed by atoms with Crippen LogP contribution in [0.15, 0.2) is 18.2 Å². The summed E-state index contributed by atoms with van der Waals surface area (Å²) >= 11 is 0. The molecule has 2 unspecified atom stereocenters. The quantitative estimate of drug-likeness (QED) is 0.359. The molecule has 0 fully saturated rings. The van der Waals surface area contributed by atoms with Crippen LogP contribution < -0.4 is 10.6 Å². The highest BCUT2D eigenvalue weighted by Crippen LogP contribution is 2.29. The van der Waals surface area contributed by atoms with Gasteiger partial charge in [0, 0.05) is 13.1 Å². The standard InChI is InChI=1S/C29H47N3O6/c1-10-12-18-32(27(35)24(19(3)4)31-28(36)38-29(7,8)9)25(23-20(5)14-13-15-21(23)6)26(34)30-17-16-22(33)37-11-2/h13-15,19,24-25H,10-12,16-18H2,1-9H3,(H,30,34)(H,31,36). The molecule has 1 aromatic rings. The van der Waals surface area contributed by atoms with E-state index < -0.39 is 35.7 Å². The Balaban J connectivity index is 3.47. The summed E-state index contributed by atoms with van der Waals surface area (Å²) in [7, 11) is 0. The van der Waals surface area contributed by atoms with Gasteiger partial charge in [-0.3, -0.25) is 14.4 Å². The molecule has 0 bridgehead atoms. The van der Waals surface area contributed by atoms with Gasteiger partial charge in [0.1, 0.15) is 17.7 Å². The number of carbonyl (C=O) groups excluding carboxylic acids is 4. The Hall–Kier alpha value is -3.10. The van der Waals surface area contributed by atoms with Crippen molar-refractivity contribution in [2.75, 3.05) is 19.7 Å². The van der Waals surface area contributed by atoms with Crippen LogP contribution in [0.1, 0.15) is 90.5 Å². The van der Waals surface area contributed by atoms with Gasteiger partial charge in [-0.2, -0.15) is 0 Å². The second-order valence-electron chi connectivity index (χ2n) is 10.8. The van der Waals surface area contributed by atoms with Crippen molar-refractivity contribution in [2.24, 2.45) is 5.92 Å². The fourth-order valence-electron chi connectivity index (χ4n) is 4.13. The molecule has 2 atom stereocenters. The second kappa shape index (κ2) is 15.3. The summed E-state index contributed by atoms with van der Waals surface area (Å²) in [5.41, 5.74) is 1.73. The maximum absolute atomic E-state index is 14.1. The molecule has 0 saturated heterocycles. The van der Waals surface area contributed by atoms with Gasteiger partial charge in [-0.25, -0.2) is 4.79 Å². The molecule has 2 N–H and O–H groups in total. The molecule has 0 aliphatic rings. The van der Waals surface area contributed by atoms with Crippen LogP contribution in [-0.4, -0.2) is 60.1 Å². The van der Waals surface area contributed by atoms with E-state index >= 15 is 0 Å². The number of alkyl carbamates (subject to hydrolysis) is 1. The Morgan fingerprint density at radius 1 is 1.03 bits per heavy atom. The summed E-state index contributed by atoms with van der Waals surface area (Å²) in [6.07, 6.45) is 0.805. The SMILES string of the molecule is CCCCN(C(=O)C(NC(=O)OC(C)(C)C)C(C)C)C(C(=O)NCCC(=O)OCC)c1c(C)cccc1C. The van der Waals surface area contributed by atoms with Crippen molar-refractivity contribution >= 4 is 23.9 Å². The minimum atomic E-state index is -0.945. The molecule has 0 radical (unpaired) electrons. The van der Waals surface area contributed by atoms with Crippen LogP contribution in [0.3, 0.4) is 0 Å². The molecule has 9 nitrogen and oxygen atoms in total. The topological polar surface area (TPSA) is 114 Å². The van der Waals surface area contributed by atoms with E-state index in [1.54, 1.807) is 32.6 Å². The zero-order valence-corrected chi connectivity index (χ0v) is 24.6. The van der Waals surface area contributed by atoms with Gasteiger partial charge in [0.25, 0.3) is 0 Å². The first-order chi connectivity index (χ1) is 17.7. The van der Waals surface area contributed by atoms with E-state index in [0.717, 1.165) is 23.1 Å². The number of ether oxygens (including phenoxy) is 2. The first-order valence-corrected chi connectivity index (χ1v) is 13.5. The number of benzene rings is 1. The van der Waals surface area contributed by atoms with Crippen LogP contribution >= 0.6 is 0 Å². The highest BCUT2D eigenvalue weighted by molar-refractivity contribution is 5.92. The van der Waals surface area contributed by atoms with Gasteiger partial charge in [0.15, 0.2) is 0 Å². The average Bonchev–Trinajstić information content (AvgIpc) is 2.79. The first kappa shape index (κ1) is 32.9. The number of aryl methyl sites for hydroxylation is 2. The molecule has 38 heavy (non-hydrogen) atoms. The fraction of sp³-hybridized carbons (Fsp3) is 0.655. The summed E-state index contributed by atoms with van der Waals surface area (Å²) in [4.78, 5) is 53.8. The van der Waals surface area contributed by atoms with E-state index in [4.69, 9.17) is 9.47 Å². The lowest BCUT2D eigenvalue weighted by Crippen LogP contribution is -2.55. The van der Waals surface area contributed by atoms with Gasteiger partial charge in [0.2, 0.25) is 11.8 Å². The Morgan fingerprint density at radius 2 is 1.63 bits per heavy atom. The van der Waals surface area contributed by atoms with E-state index in [2.05, 4.69) is 10.6 Å². The van der Waals surface area contributed by atoms with Gasteiger partial charge in [-0.15, -0.1) is 0 Å². The van der Waals surface area contributed by atoms with E-state index in [9.17, 15) is 19.2 Å². The van der Waals surface area contributed by atoms with Crippen LogP contribution in [0.25, 0.3) is 0 Å². The van der Waals surface area contributed by atoms with Gasteiger partial charge < -0.3 is 25.0 Å². The van der Waals surface area contributed by atoms with Crippen molar-refractivity contribution in [1.29, 1.82) is 0 Å². The molecule has 0 aromatic heterocycles. The molecule has 0 spiro atoms. The molecule has 0 aliphatic carbocycles. The Bertz CT molecular complexity index is 934. The third kappa shape index (κ3) is 10.3. The first-order valence-electron chi connectivity index (χ1n) is 13.5. The van der Waals surface area contributed by atoms with Crippen LogP contribution in [0, 0.1) is 19.8 Å². The molecule has 0 aliphatic heterocycles. The Kier molecular flexibility index (Phi) is 13.3. The van der Waals surface area contributed by atoms with E-state index in [-0.39, 0.29) is 31.4 Å². The van der Waals surface area contributed by atoms with Crippen molar-refractivity contribution in [3.63, 3.8) is 0 Å². The maximum atomic E-state index is 14.1. The lowest BCUT2D eigenvalue weighted by molar-refractivity contribution is -0.145. The largest absolute Gasteiger partial charge is 0.466 e. The smallest absolute Gasteiger partial charge is 0.408 e. The highest BCUT2D eigenvalue weighted by atomic mass is 16.6. The minimum absolute atomic E-state index is 0.0246. The van der Waals surface area contributed by atoms with Crippen molar-refractivity contribution < 1.29 is 28.7 Å². The number of nitrogens with one attached hydrogen (secondary N) is 2. The Morgan fingerprint density at radius 3 is 2.13 bits per heavy atom. The van der Waals surface area contributed by atoms with Gasteiger partial charge >= 0.3 is 12.1 Å². The number of esters is 1. The third-order valence-corrected chi connectivity index (χ3v) is 5.95. The summed E-state index contributed by atoms with van der Waals surface area (Å²) in [5.74, 6) is -1.43. The van der Waals surface area contributed by atoms with Gasteiger partial charge in [-0.1, -0.05) is 45.4 Å². The molecular formula is C29H47N3O6. The molecule has 3 amide bonds. The number of hydrogen-bond acceptors (Lipinski definition) is 6. The van der Waals surface area contributed by atoms with Crippen molar-refractivity contribution in [3.8, 4) is 0 Å². The van der Waals surface area contributed by atoms with Gasteiger partial charge in [-0.05, 0) is 70.6 Å². The second-order valence-corrected chi connectivity index (χ2v) is 10.8. The van der Waals surface area contributed by atoms with Crippen molar-refractivity contribution in [3.05, 3.63) is 34.9 Å². The minimum Gasteiger partial charge on any atom is -0.466 e. The van der Waals surface area contributed by atoms with Crippen LogP contribution in [-0.2, 0) is 23.9 Å². The fourth-order valence-corrected chi connectivity index (χ4v) is 4.13. The number of amides is 3. The summed E-state index contributed by atoms with van der Waals surface area (Å²) in [6.45, 7) is 17.1. The van der Waals surface area contributed by atoms with E-state index in [1.165, 1.54) is 0 Å². The number of hydrogen-bond donors (Lipinski definition) is 2. The normalized spacial score (nSPS) is 12.9. The summed E-state index contributed by atoms with van der Waals surface area (Å²) in [6, 6.07) is 3.87. The van der Waals surface area contributed by atoms with E-state index in [0.29, 0.717) is 13.0 Å². The molecule has 0 heterocycles. The third-order valence-electron chi connectivity index (χ3n) is 5.95. The summed E-state index contributed by atoms with van der Waals surface area (Å²) < 4.78 is 10.4. The van der Waals surface area contributed by atoms with Crippen LogP contribution in [0.5, 0.6) is 0 Å². The number of unbranched alkanes of at least 4 members (excludes halogenated alkanes) is 1. The molecular weight excluding hydrogens is 486 g/mol. The predicted octanol–water partition coefficient (Wildman–Crippen LogP) is 4.59. The zero-order chi connectivity index (χ0) is 29.0. The lowest BCUT2D eigenvalue weighted by atomic mass is 9.92. The number of nitrogens with zero attached hydrogens (tertiary/aromatic N) is 1.